The molecule has 1 aromatic rings. The maximum atomic E-state index is 12.4. The van der Waals surface area contributed by atoms with E-state index in [9.17, 15) is 22.0 Å². The van der Waals surface area contributed by atoms with E-state index in [4.69, 9.17) is 11.6 Å². The fourth-order valence-corrected chi connectivity index (χ4v) is 1.17. The van der Waals surface area contributed by atoms with Gasteiger partial charge in [0, 0.05) is 6.92 Å². The highest BCUT2D eigenvalue weighted by Crippen LogP contribution is 2.36. The van der Waals surface area contributed by atoms with Crippen LogP contribution in [0.1, 0.15) is 12.5 Å². The Morgan fingerprint density at radius 1 is 1.12 bits per heavy atom. The second kappa shape index (κ2) is 4.08. The molecule has 1 nitrogen and oxygen atoms in total. The molecule has 0 aliphatic rings. The van der Waals surface area contributed by atoms with E-state index in [1.54, 1.807) is 0 Å². The van der Waals surface area contributed by atoms with Crippen LogP contribution in [0.2, 0.25) is 5.02 Å². The highest BCUT2D eigenvalue weighted by Gasteiger charge is 2.32. The molecule has 16 heavy (non-hydrogen) atoms. The number of benzene rings is 1. The lowest BCUT2D eigenvalue weighted by Crippen LogP contribution is -2.19. The Kier molecular flexibility index (Phi) is 3.33. The molecule has 1 rings (SSSR count). The summed E-state index contributed by atoms with van der Waals surface area (Å²) in [5.74, 6) is -0.498. The summed E-state index contributed by atoms with van der Waals surface area (Å²) < 4.78 is 65.5. The monoisotopic (exact) mass is 260 g/mol. The first-order chi connectivity index (χ1) is 7.09. The first kappa shape index (κ1) is 13.0. The van der Waals surface area contributed by atoms with Crippen LogP contribution in [-0.2, 0) is 6.18 Å². The minimum atomic E-state index is -4.57. The van der Waals surface area contributed by atoms with E-state index in [2.05, 4.69) is 4.74 Å². The van der Waals surface area contributed by atoms with E-state index in [-0.39, 0.29) is 0 Å². The SMILES string of the molecule is CC(F)(F)Oc1ccc(C(F)(F)F)cc1Cl. The van der Waals surface area contributed by atoms with Gasteiger partial charge in [-0.3, -0.25) is 0 Å². The third-order valence-corrected chi connectivity index (χ3v) is 1.84. The minimum Gasteiger partial charge on any atom is -0.431 e. The highest BCUT2D eigenvalue weighted by atomic mass is 35.5. The molecule has 0 saturated carbocycles. The topological polar surface area (TPSA) is 9.23 Å². The summed E-state index contributed by atoms with van der Waals surface area (Å²) in [5, 5.41) is -0.517. The molecule has 0 aliphatic carbocycles. The lowest BCUT2D eigenvalue weighted by atomic mass is 10.2. The van der Waals surface area contributed by atoms with Crippen LogP contribution in [0.15, 0.2) is 18.2 Å². The smallest absolute Gasteiger partial charge is 0.416 e. The van der Waals surface area contributed by atoms with Crippen LogP contribution in [-0.4, -0.2) is 6.11 Å². The lowest BCUT2D eigenvalue weighted by molar-refractivity contribution is -0.159. The Balaban J connectivity index is 3.01. The molecule has 90 valence electrons. The van der Waals surface area contributed by atoms with Crippen molar-refractivity contribution < 1.29 is 26.7 Å². The second-order valence-corrected chi connectivity index (χ2v) is 3.46. The molecule has 0 saturated heterocycles. The lowest BCUT2D eigenvalue weighted by Gasteiger charge is -2.15. The minimum absolute atomic E-state index is 0.459. The predicted octanol–water partition coefficient (Wildman–Crippen LogP) is 4.35. The highest BCUT2D eigenvalue weighted by molar-refractivity contribution is 6.32. The van der Waals surface area contributed by atoms with E-state index in [0.717, 1.165) is 6.07 Å². The summed E-state index contributed by atoms with van der Waals surface area (Å²) in [6.07, 6.45) is -8.07. The Morgan fingerprint density at radius 2 is 1.69 bits per heavy atom. The molecule has 7 heteroatoms. The molecule has 0 aromatic heterocycles. The van der Waals surface area contributed by atoms with Crippen LogP contribution in [0.3, 0.4) is 0 Å². The van der Waals surface area contributed by atoms with Gasteiger partial charge >= 0.3 is 12.3 Å². The zero-order valence-corrected chi connectivity index (χ0v) is 8.66. The van der Waals surface area contributed by atoms with E-state index < -0.39 is 28.6 Å². The van der Waals surface area contributed by atoms with Gasteiger partial charge in [-0.1, -0.05) is 11.6 Å². The molecular weight excluding hydrogens is 255 g/mol. The van der Waals surface area contributed by atoms with Gasteiger partial charge in [0.2, 0.25) is 0 Å². The Labute approximate surface area is 92.8 Å². The van der Waals surface area contributed by atoms with Crippen LogP contribution in [0.25, 0.3) is 0 Å². The number of hydrogen-bond donors (Lipinski definition) is 0. The molecule has 1 aromatic carbocycles. The Morgan fingerprint density at radius 3 is 2.06 bits per heavy atom. The van der Waals surface area contributed by atoms with Crippen LogP contribution in [0, 0.1) is 0 Å². The molecule has 0 amide bonds. The van der Waals surface area contributed by atoms with Crippen LogP contribution >= 0.6 is 11.6 Å². The Hall–Kier alpha value is -1.04. The first-order valence-electron chi connectivity index (χ1n) is 4.03. The van der Waals surface area contributed by atoms with Gasteiger partial charge < -0.3 is 4.74 Å². The van der Waals surface area contributed by atoms with Crippen molar-refractivity contribution in [3.63, 3.8) is 0 Å². The second-order valence-electron chi connectivity index (χ2n) is 3.05. The van der Waals surface area contributed by atoms with Crippen molar-refractivity contribution in [2.45, 2.75) is 19.2 Å². The number of halogens is 6. The van der Waals surface area contributed by atoms with Crippen molar-refractivity contribution in [2.75, 3.05) is 0 Å². The zero-order chi connectivity index (χ0) is 12.6. The van der Waals surface area contributed by atoms with Crippen LogP contribution in [0.5, 0.6) is 5.75 Å². The van der Waals surface area contributed by atoms with Crippen molar-refractivity contribution in [2.24, 2.45) is 0 Å². The predicted molar refractivity (Wildman–Crippen MR) is 47.7 cm³/mol. The molecule has 0 bridgehead atoms. The third-order valence-electron chi connectivity index (χ3n) is 1.55. The quantitative estimate of drug-likeness (QED) is 0.718. The van der Waals surface area contributed by atoms with E-state index in [1.165, 1.54) is 0 Å². The van der Waals surface area contributed by atoms with Crippen molar-refractivity contribution in [3.05, 3.63) is 28.8 Å². The number of rotatable bonds is 2. The average molecular weight is 261 g/mol. The van der Waals surface area contributed by atoms with Gasteiger partial charge in [0.15, 0.2) is 0 Å². The molecule has 0 N–H and O–H groups in total. The van der Waals surface area contributed by atoms with Gasteiger partial charge in [0.05, 0.1) is 10.6 Å². The van der Waals surface area contributed by atoms with Gasteiger partial charge in [-0.25, -0.2) is 0 Å². The van der Waals surface area contributed by atoms with Gasteiger partial charge in [-0.15, -0.1) is 0 Å². The van der Waals surface area contributed by atoms with Gasteiger partial charge in [-0.05, 0) is 18.2 Å². The summed E-state index contributed by atoms with van der Waals surface area (Å²) in [7, 11) is 0. The fraction of sp³-hybridized carbons (Fsp3) is 0.333. The van der Waals surface area contributed by atoms with Crippen LogP contribution < -0.4 is 4.74 Å². The molecular formula is C9H6ClF5O. The standard InChI is InChI=1S/C9H6ClF5O/c1-8(11,12)16-7-3-2-5(4-6(7)10)9(13,14)15/h2-4H,1H3. The zero-order valence-electron chi connectivity index (χ0n) is 7.91. The molecule has 0 atom stereocenters. The average Bonchev–Trinajstić information content (AvgIpc) is 2.04. The fourth-order valence-electron chi connectivity index (χ4n) is 0.953. The van der Waals surface area contributed by atoms with Crippen molar-refractivity contribution >= 4 is 11.6 Å². The largest absolute Gasteiger partial charge is 0.431 e. The maximum absolute atomic E-state index is 12.4. The first-order valence-corrected chi connectivity index (χ1v) is 4.41. The summed E-state index contributed by atoms with van der Waals surface area (Å²) >= 11 is 5.38. The van der Waals surface area contributed by atoms with Gasteiger partial charge in [-0.2, -0.15) is 22.0 Å². The van der Waals surface area contributed by atoms with E-state index in [1.807, 2.05) is 0 Å². The van der Waals surface area contributed by atoms with Crippen molar-refractivity contribution in [3.8, 4) is 5.75 Å². The third kappa shape index (κ3) is 3.52. The molecule has 0 spiro atoms. The molecule has 0 unspecified atom stereocenters. The van der Waals surface area contributed by atoms with Crippen LogP contribution in [0.4, 0.5) is 22.0 Å². The summed E-state index contributed by atoms with van der Waals surface area (Å²) in [5.41, 5.74) is -1.02. The van der Waals surface area contributed by atoms with Gasteiger partial charge in [0.1, 0.15) is 5.75 Å². The van der Waals surface area contributed by atoms with E-state index >= 15 is 0 Å². The van der Waals surface area contributed by atoms with Crippen molar-refractivity contribution in [1.82, 2.24) is 0 Å². The summed E-state index contributed by atoms with van der Waals surface area (Å²) in [6, 6.07) is 1.90. The van der Waals surface area contributed by atoms with Gasteiger partial charge in [0.25, 0.3) is 0 Å². The maximum Gasteiger partial charge on any atom is 0.416 e. The Bertz CT molecular complexity index is 382. The molecule has 0 aliphatic heterocycles. The van der Waals surface area contributed by atoms with E-state index in [0.29, 0.717) is 19.1 Å². The number of alkyl halides is 5. The summed E-state index contributed by atoms with van der Waals surface area (Å²) in [6.45, 7) is 0.459. The molecule has 0 fully saturated rings. The molecule has 0 heterocycles. The number of hydrogen-bond acceptors (Lipinski definition) is 1. The summed E-state index contributed by atoms with van der Waals surface area (Å²) in [4.78, 5) is 0. The van der Waals surface area contributed by atoms with Crippen molar-refractivity contribution in [1.29, 1.82) is 0 Å². The normalized spacial score (nSPS) is 12.7. The number of ether oxygens (including phenoxy) is 1. The molecule has 0 radical (unpaired) electrons.